The maximum Gasteiger partial charge on any atom is 0.490 e. The number of amides is 5. The van der Waals surface area contributed by atoms with Crippen molar-refractivity contribution in [1.82, 2.24) is 25.3 Å². The number of nitrogens with zero attached hydrogens (tertiary/aromatic N) is 3. The second-order valence-electron chi connectivity index (χ2n) is 23.4. The fraction of sp³-hybridized carbons (Fsp3) is 0.455. The Morgan fingerprint density at radius 1 is 0.578 bits per heavy atom. The monoisotopic (exact) mass is 1360 g/mol. The summed E-state index contributed by atoms with van der Waals surface area (Å²) in [5, 5.41) is 15.9. The zero-order chi connectivity index (χ0) is 65.8. The second kappa shape index (κ2) is 34.9. The lowest BCUT2D eigenvalue weighted by atomic mass is 10.0. The smallest absolute Gasteiger partial charge is 0.475 e. The Kier molecular flexibility index (Phi) is 28.4. The highest BCUT2D eigenvalue weighted by molar-refractivity contribution is 8.00. The molecule has 5 amide bonds. The van der Waals surface area contributed by atoms with Crippen LogP contribution in [0.4, 0.5) is 22.8 Å². The minimum Gasteiger partial charge on any atom is -0.475 e. The Bertz CT molecular complexity index is 3260. The first-order valence-corrected chi connectivity index (χ1v) is 34.0. The van der Waals surface area contributed by atoms with Crippen molar-refractivity contribution in [3.05, 3.63) is 156 Å². The normalized spacial score (nSPS) is 14.7. The van der Waals surface area contributed by atoms with Gasteiger partial charge >= 0.3 is 24.3 Å². The molecule has 0 saturated carbocycles. The van der Waals surface area contributed by atoms with Crippen LogP contribution < -0.4 is 16.4 Å². The van der Waals surface area contributed by atoms with Crippen LogP contribution in [0.3, 0.4) is 0 Å². The molecule has 4 heterocycles. The number of halogens is 6. The molecule has 0 radical (unpaired) electrons. The van der Waals surface area contributed by atoms with Crippen LogP contribution in [0.2, 0.25) is 15.1 Å². The zero-order valence-corrected chi connectivity index (χ0v) is 56.4. The number of aliphatic carboxylic acids is 1. The minimum absolute atomic E-state index is 0.0108. The SMILES string of the molecule is CC(C)(C)OC(=O)N1CCc2ccc(Cl)c(SCCCN)c2CC1.CC(C)(C)OC(=O)N1CCc2ccc(Cl)c(SCCCN3C(=O)c4ccccc4C3=O)c2CC1.O=C(NCCCSc1c(Cl)ccc2c1CCNCC2)c1ccccc1.O=C(O)C(F)(F)F. The van der Waals surface area contributed by atoms with Crippen LogP contribution >= 0.6 is 70.1 Å². The van der Waals surface area contributed by atoms with E-state index in [0.29, 0.717) is 80.4 Å². The minimum atomic E-state index is -5.08. The average molecular weight is 1360 g/mol. The number of benzene rings is 5. The Hall–Kier alpha value is -5.65. The Morgan fingerprint density at radius 3 is 1.42 bits per heavy atom. The predicted molar refractivity (Wildman–Crippen MR) is 354 cm³/mol. The number of carbonyl (C=O) groups is 6. The van der Waals surface area contributed by atoms with E-state index in [9.17, 15) is 37.1 Å². The number of fused-ring (bicyclic) bond motifs is 4. The number of thioether (sulfide) groups is 3. The van der Waals surface area contributed by atoms with E-state index in [1.54, 1.807) is 57.6 Å². The molecule has 15 nitrogen and oxygen atoms in total. The summed E-state index contributed by atoms with van der Waals surface area (Å²) in [5.41, 5.74) is 14.0. The molecule has 90 heavy (non-hydrogen) atoms. The van der Waals surface area contributed by atoms with E-state index in [0.717, 1.165) is 95.1 Å². The summed E-state index contributed by atoms with van der Waals surface area (Å²) in [7, 11) is 0. The van der Waals surface area contributed by atoms with E-state index < -0.39 is 23.3 Å². The first-order chi connectivity index (χ1) is 42.7. The van der Waals surface area contributed by atoms with Gasteiger partial charge in [0.05, 0.1) is 26.2 Å². The molecule has 24 heteroatoms. The number of nitrogens with one attached hydrogen (secondary N) is 2. The largest absolute Gasteiger partial charge is 0.490 e. The van der Waals surface area contributed by atoms with Crippen LogP contribution in [0.15, 0.2) is 106 Å². The van der Waals surface area contributed by atoms with Crippen molar-refractivity contribution in [2.24, 2.45) is 5.73 Å². The molecule has 9 rings (SSSR count). The number of hydrogen-bond acceptors (Lipinski definition) is 13. The molecule has 0 unspecified atom stereocenters. The molecular weight excluding hydrogens is 1280 g/mol. The van der Waals surface area contributed by atoms with E-state index in [1.807, 2.05) is 108 Å². The van der Waals surface area contributed by atoms with Crippen LogP contribution in [-0.2, 0) is 52.8 Å². The molecule has 0 aromatic heterocycles. The molecule has 488 valence electrons. The van der Waals surface area contributed by atoms with E-state index >= 15 is 0 Å². The highest BCUT2D eigenvalue weighted by atomic mass is 35.5. The highest BCUT2D eigenvalue weighted by Gasteiger charge is 2.38. The third-order valence-corrected chi connectivity index (χ3v) is 19.3. The van der Waals surface area contributed by atoms with Crippen molar-refractivity contribution in [2.75, 3.05) is 76.2 Å². The zero-order valence-electron chi connectivity index (χ0n) is 51.6. The van der Waals surface area contributed by atoms with Gasteiger partial charge in [-0.25, -0.2) is 14.4 Å². The molecule has 0 saturated heterocycles. The third kappa shape index (κ3) is 22.3. The number of carbonyl (C=O) groups excluding carboxylic acids is 5. The number of alkyl halides is 3. The van der Waals surface area contributed by atoms with E-state index in [4.69, 9.17) is 59.9 Å². The second-order valence-corrected chi connectivity index (χ2v) is 27.9. The van der Waals surface area contributed by atoms with Gasteiger partial charge in [0, 0.05) is 59.5 Å². The fourth-order valence-corrected chi connectivity index (χ4v) is 14.3. The van der Waals surface area contributed by atoms with Crippen LogP contribution in [0.1, 0.15) is 125 Å². The summed E-state index contributed by atoms with van der Waals surface area (Å²) >= 11 is 24.7. The lowest BCUT2D eigenvalue weighted by Gasteiger charge is -2.26. The van der Waals surface area contributed by atoms with E-state index in [2.05, 4.69) is 22.8 Å². The molecule has 0 fully saturated rings. The van der Waals surface area contributed by atoms with Crippen molar-refractivity contribution in [1.29, 1.82) is 0 Å². The molecule has 4 aliphatic heterocycles. The summed E-state index contributed by atoms with van der Waals surface area (Å²) in [6, 6.07) is 28.5. The standard InChI is InChI=1S/C26H29ClN2O4S.C20H23ClN2OS.C18H27ClN2O2S.C2HF3O2/c1-26(2,3)33-25(32)28-14-11-17-9-10-21(27)22(18(17)12-15-28)34-16-6-13-29-23(30)19-7-4-5-8-20(19)24(29)31;21-18-8-7-15-9-12-22-13-10-17(15)19(18)25-14-4-11-23-20(24)16-5-2-1-3-6-16;1-18(2,3)23-17(22)21-10-7-13-5-6-15(19)16(14(13)8-11-21)24-12-4-9-20;3-2(4,5)1(6)7/h4-5,7-10H,6,11-16H2,1-3H3;1-3,5-8,22H,4,9-14H2,(H,23,24);5-6H,4,7-12,20H2,1-3H3;(H,6,7). The fourth-order valence-electron chi connectivity index (χ4n) is 9.96. The van der Waals surface area contributed by atoms with Gasteiger partial charge < -0.3 is 40.7 Å². The number of ether oxygens (including phenoxy) is 2. The van der Waals surface area contributed by atoms with Gasteiger partial charge in [-0.15, -0.1) is 35.3 Å². The third-order valence-electron chi connectivity index (χ3n) is 14.3. The molecular formula is C66H80Cl3F3N6O9S3. The number of rotatable bonds is 15. The summed E-state index contributed by atoms with van der Waals surface area (Å²) in [5.74, 6) is -0.588. The van der Waals surface area contributed by atoms with Gasteiger partial charge in [0.15, 0.2) is 0 Å². The molecule has 0 atom stereocenters. The van der Waals surface area contributed by atoms with Gasteiger partial charge in [0.1, 0.15) is 11.2 Å². The van der Waals surface area contributed by atoms with Gasteiger partial charge in [0.2, 0.25) is 0 Å². The Labute approximate surface area is 553 Å². The van der Waals surface area contributed by atoms with Crippen molar-refractivity contribution >= 4 is 106 Å². The average Bonchev–Trinajstić information content (AvgIpc) is 2.41. The Morgan fingerprint density at radius 2 is 0.978 bits per heavy atom. The van der Waals surface area contributed by atoms with Gasteiger partial charge in [-0.3, -0.25) is 19.3 Å². The lowest BCUT2D eigenvalue weighted by molar-refractivity contribution is -0.192. The summed E-state index contributed by atoms with van der Waals surface area (Å²) < 4.78 is 42.8. The van der Waals surface area contributed by atoms with Crippen molar-refractivity contribution < 1.29 is 56.5 Å². The van der Waals surface area contributed by atoms with Gasteiger partial charge in [-0.1, -0.05) is 83.3 Å². The first kappa shape index (κ1) is 73.4. The number of nitrogens with two attached hydrogens (primary N) is 1. The molecule has 5 N–H and O–H groups in total. The maximum absolute atomic E-state index is 12.6. The maximum atomic E-state index is 12.6. The molecule has 0 bridgehead atoms. The topological polar surface area (TPSA) is 201 Å². The molecule has 5 aromatic carbocycles. The van der Waals surface area contributed by atoms with Gasteiger partial charge in [-0.05, 0) is 212 Å². The quantitative estimate of drug-likeness (QED) is 0.0438. The predicted octanol–water partition coefficient (Wildman–Crippen LogP) is 14.1. The van der Waals surface area contributed by atoms with E-state index in [-0.39, 0.29) is 29.9 Å². The van der Waals surface area contributed by atoms with Crippen molar-refractivity contribution in [2.45, 2.75) is 131 Å². The van der Waals surface area contributed by atoms with Crippen molar-refractivity contribution in [3.8, 4) is 0 Å². The molecule has 0 spiro atoms. The van der Waals surface area contributed by atoms with Crippen LogP contribution in [-0.4, -0.2) is 149 Å². The molecule has 5 aromatic rings. The van der Waals surface area contributed by atoms with Gasteiger partial charge in [-0.2, -0.15) is 13.2 Å². The van der Waals surface area contributed by atoms with Crippen LogP contribution in [0.5, 0.6) is 0 Å². The molecule has 4 aliphatic rings. The van der Waals surface area contributed by atoms with E-state index in [1.165, 1.54) is 43.2 Å². The summed E-state index contributed by atoms with van der Waals surface area (Å²) in [6.45, 7) is 17.6. The number of carboxylic acid groups (broad SMARTS) is 1. The number of hydrogen-bond donors (Lipinski definition) is 4. The first-order valence-electron chi connectivity index (χ1n) is 29.9. The summed E-state index contributed by atoms with van der Waals surface area (Å²) in [4.78, 5) is 79.2. The number of carboxylic acids is 1. The van der Waals surface area contributed by atoms with Crippen LogP contribution in [0.25, 0.3) is 0 Å². The highest BCUT2D eigenvalue weighted by Crippen LogP contribution is 2.38. The number of imide groups is 1. The van der Waals surface area contributed by atoms with Crippen molar-refractivity contribution in [3.63, 3.8) is 0 Å². The summed E-state index contributed by atoms with van der Waals surface area (Å²) in [6.07, 6.45) is 2.12. The lowest BCUT2D eigenvalue weighted by Crippen LogP contribution is -2.38. The van der Waals surface area contributed by atoms with Gasteiger partial charge in [0.25, 0.3) is 17.7 Å². The van der Waals surface area contributed by atoms with Crippen LogP contribution in [0, 0.1) is 0 Å². The Balaban J connectivity index is 0.000000207. The molecule has 0 aliphatic carbocycles.